The van der Waals surface area contributed by atoms with Crippen molar-refractivity contribution < 1.29 is 14.6 Å². The highest BCUT2D eigenvalue weighted by molar-refractivity contribution is 6.14. The Morgan fingerprint density at radius 1 is 1.10 bits per heavy atom. The molecule has 20 heavy (non-hydrogen) atoms. The molecule has 0 unspecified atom stereocenters. The highest BCUT2D eigenvalue weighted by Crippen LogP contribution is 2.34. The average Bonchev–Trinajstić information content (AvgIpc) is 2.70. The van der Waals surface area contributed by atoms with E-state index in [1.807, 2.05) is 26.0 Å². The van der Waals surface area contributed by atoms with Crippen molar-refractivity contribution >= 4 is 11.9 Å². The predicted octanol–water partition coefficient (Wildman–Crippen LogP) is 3.63. The van der Waals surface area contributed by atoms with E-state index in [9.17, 15) is 9.90 Å². The summed E-state index contributed by atoms with van der Waals surface area (Å²) < 4.78 is 5.61. The Morgan fingerprint density at radius 2 is 1.80 bits per heavy atom. The molecule has 0 atom stereocenters. The van der Waals surface area contributed by atoms with Crippen LogP contribution in [0.4, 0.5) is 0 Å². The van der Waals surface area contributed by atoms with Gasteiger partial charge < -0.3 is 9.84 Å². The second-order valence-electron chi connectivity index (χ2n) is 4.93. The van der Waals surface area contributed by atoms with E-state index in [-0.39, 0.29) is 17.3 Å². The number of aromatic hydroxyl groups is 1. The van der Waals surface area contributed by atoms with E-state index < -0.39 is 0 Å². The molecule has 1 heterocycles. The first kappa shape index (κ1) is 12.5. The van der Waals surface area contributed by atoms with Crippen LogP contribution in [0.5, 0.6) is 11.5 Å². The third kappa shape index (κ3) is 1.97. The van der Waals surface area contributed by atoms with E-state index in [0.717, 1.165) is 11.1 Å². The van der Waals surface area contributed by atoms with E-state index >= 15 is 0 Å². The number of para-hydroxylation sites is 1. The summed E-state index contributed by atoms with van der Waals surface area (Å²) in [5.74, 6) is 0.803. The van der Waals surface area contributed by atoms with Crippen molar-refractivity contribution in [3.8, 4) is 11.5 Å². The normalized spacial score (nSPS) is 15.3. The Balaban J connectivity index is 2.04. The van der Waals surface area contributed by atoms with Crippen molar-refractivity contribution in [2.75, 3.05) is 0 Å². The SMILES string of the molecule is Cc1cc2c(cc1C)C(=O)/C(=C/c1ccccc1O)O2. The predicted molar refractivity (Wildman–Crippen MR) is 77.0 cm³/mol. The number of carbonyl (C=O) groups excluding carboxylic acids is 1. The van der Waals surface area contributed by atoms with Gasteiger partial charge in [0.2, 0.25) is 5.78 Å². The first-order valence-electron chi connectivity index (χ1n) is 6.40. The van der Waals surface area contributed by atoms with Crippen LogP contribution in [-0.4, -0.2) is 10.9 Å². The topological polar surface area (TPSA) is 46.5 Å². The van der Waals surface area contributed by atoms with Crippen molar-refractivity contribution in [3.63, 3.8) is 0 Å². The number of Topliss-reactive ketones (excluding diaryl/α,β-unsaturated/α-hetero) is 1. The van der Waals surface area contributed by atoms with Crippen LogP contribution in [0, 0.1) is 13.8 Å². The van der Waals surface area contributed by atoms with Crippen LogP contribution in [0.3, 0.4) is 0 Å². The molecular weight excluding hydrogens is 252 g/mol. The average molecular weight is 266 g/mol. The molecule has 1 N–H and O–H groups in total. The van der Waals surface area contributed by atoms with Crippen molar-refractivity contribution in [2.45, 2.75) is 13.8 Å². The lowest BCUT2D eigenvalue weighted by Gasteiger charge is -2.02. The minimum atomic E-state index is -0.147. The molecule has 2 aromatic carbocycles. The molecule has 0 spiro atoms. The molecule has 0 aliphatic carbocycles. The fraction of sp³-hybridized carbons (Fsp3) is 0.118. The van der Waals surface area contributed by atoms with E-state index in [1.165, 1.54) is 0 Å². The molecule has 3 heteroatoms. The summed E-state index contributed by atoms with van der Waals surface area (Å²) in [6.45, 7) is 3.95. The number of allylic oxidation sites excluding steroid dienone is 1. The van der Waals surface area contributed by atoms with Crippen LogP contribution in [0.1, 0.15) is 27.0 Å². The molecule has 2 aromatic rings. The Bertz CT molecular complexity index is 742. The van der Waals surface area contributed by atoms with Crippen LogP contribution >= 0.6 is 0 Å². The number of benzene rings is 2. The Hall–Kier alpha value is -2.55. The molecule has 0 amide bonds. The van der Waals surface area contributed by atoms with Gasteiger partial charge in [0, 0.05) is 5.56 Å². The molecule has 0 aromatic heterocycles. The zero-order valence-corrected chi connectivity index (χ0v) is 11.3. The molecule has 0 saturated carbocycles. The van der Waals surface area contributed by atoms with Gasteiger partial charge in [0.05, 0.1) is 5.56 Å². The number of fused-ring (bicyclic) bond motifs is 1. The van der Waals surface area contributed by atoms with Crippen LogP contribution in [0.2, 0.25) is 0 Å². The summed E-state index contributed by atoms with van der Waals surface area (Å²) in [7, 11) is 0. The number of hydrogen-bond acceptors (Lipinski definition) is 3. The first-order valence-corrected chi connectivity index (χ1v) is 6.40. The third-order valence-electron chi connectivity index (χ3n) is 3.51. The monoisotopic (exact) mass is 266 g/mol. The van der Waals surface area contributed by atoms with Crippen molar-refractivity contribution in [1.82, 2.24) is 0 Å². The van der Waals surface area contributed by atoms with Gasteiger partial charge in [-0.05, 0) is 49.2 Å². The molecule has 1 aliphatic heterocycles. The number of ether oxygens (including phenoxy) is 1. The minimum absolute atomic E-state index is 0.125. The zero-order chi connectivity index (χ0) is 14.3. The quantitative estimate of drug-likeness (QED) is 0.802. The number of carbonyl (C=O) groups is 1. The van der Waals surface area contributed by atoms with E-state index in [0.29, 0.717) is 16.9 Å². The number of phenols is 1. The summed E-state index contributed by atoms with van der Waals surface area (Å²) in [4.78, 5) is 12.3. The van der Waals surface area contributed by atoms with Gasteiger partial charge >= 0.3 is 0 Å². The largest absolute Gasteiger partial charge is 0.507 e. The standard InChI is InChI=1S/C17H14O3/c1-10-7-13-15(8-11(10)2)20-16(17(13)19)9-12-5-3-4-6-14(12)18/h3-9,18H,1-2H3/b16-9-. The fourth-order valence-corrected chi connectivity index (χ4v) is 2.19. The van der Waals surface area contributed by atoms with Crippen molar-refractivity contribution in [3.05, 3.63) is 64.4 Å². The molecule has 100 valence electrons. The Morgan fingerprint density at radius 3 is 2.55 bits per heavy atom. The summed E-state index contributed by atoms with van der Waals surface area (Å²) in [5, 5.41) is 9.75. The van der Waals surface area contributed by atoms with Crippen molar-refractivity contribution in [2.24, 2.45) is 0 Å². The lowest BCUT2D eigenvalue weighted by molar-refractivity contribution is 0.101. The Labute approximate surface area is 117 Å². The number of ketones is 1. The molecule has 0 saturated heterocycles. The lowest BCUT2D eigenvalue weighted by atomic mass is 10.0. The number of hydrogen-bond donors (Lipinski definition) is 1. The minimum Gasteiger partial charge on any atom is -0.507 e. The van der Waals surface area contributed by atoms with Gasteiger partial charge in [-0.1, -0.05) is 18.2 Å². The van der Waals surface area contributed by atoms with Gasteiger partial charge in [0.15, 0.2) is 5.76 Å². The van der Waals surface area contributed by atoms with Gasteiger partial charge in [-0.2, -0.15) is 0 Å². The van der Waals surface area contributed by atoms with Gasteiger partial charge in [-0.3, -0.25) is 4.79 Å². The second-order valence-corrected chi connectivity index (χ2v) is 4.93. The number of aryl methyl sites for hydroxylation is 2. The van der Waals surface area contributed by atoms with E-state index in [4.69, 9.17) is 4.74 Å². The van der Waals surface area contributed by atoms with Crippen molar-refractivity contribution in [1.29, 1.82) is 0 Å². The highest BCUT2D eigenvalue weighted by atomic mass is 16.5. The van der Waals surface area contributed by atoms with E-state index in [2.05, 4.69) is 0 Å². The van der Waals surface area contributed by atoms with Crippen LogP contribution in [-0.2, 0) is 0 Å². The first-order chi connectivity index (χ1) is 9.56. The molecule has 0 radical (unpaired) electrons. The van der Waals surface area contributed by atoms with Crippen LogP contribution in [0.25, 0.3) is 6.08 Å². The van der Waals surface area contributed by atoms with Crippen LogP contribution in [0.15, 0.2) is 42.2 Å². The molecule has 3 nitrogen and oxygen atoms in total. The molecule has 0 bridgehead atoms. The van der Waals surface area contributed by atoms with Crippen LogP contribution < -0.4 is 4.74 Å². The van der Waals surface area contributed by atoms with Gasteiger partial charge in [-0.15, -0.1) is 0 Å². The maximum Gasteiger partial charge on any atom is 0.231 e. The van der Waals surface area contributed by atoms with Gasteiger partial charge in [0.1, 0.15) is 11.5 Å². The summed E-state index contributed by atoms with van der Waals surface area (Å²) in [5.41, 5.74) is 3.29. The molecule has 3 rings (SSSR count). The summed E-state index contributed by atoms with van der Waals surface area (Å²) in [6, 6.07) is 10.6. The molecule has 1 aliphatic rings. The second kappa shape index (κ2) is 4.53. The van der Waals surface area contributed by atoms with Gasteiger partial charge in [-0.25, -0.2) is 0 Å². The summed E-state index contributed by atoms with van der Waals surface area (Å²) >= 11 is 0. The zero-order valence-electron chi connectivity index (χ0n) is 11.3. The summed E-state index contributed by atoms with van der Waals surface area (Å²) in [6.07, 6.45) is 1.57. The maximum atomic E-state index is 12.3. The lowest BCUT2D eigenvalue weighted by Crippen LogP contribution is -1.98. The number of rotatable bonds is 1. The fourth-order valence-electron chi connectivity index (χ4n) is 2.19. The molecular formula is C17H14O3. The smallest absolute Gasteiger partial charge is 0.231 e. The maximum absolute atomic E-state index is 12.3. The third-order valence-corrected chi connectivity index (χ3v) is 3.51. The van der Waals surface area contributed by atoms with Gasteiger partial charge in [0.25, 0.3) is 0 Å². The number of phenolic OH excluding ortho intramolecular Hbond substituents is 1. The highest BCUT2D eigenvalue weighted by Gasteiger charge is 2.28. The van der Waals surface area contributed by atoms with E-state index in [1.54, 1.807) is 30.3 Å². The molecule has 0 fully saturated rings. The Kier molecular flexibility index (Phi) is 2.83.